The lowest BCUT2D eigenvalue weighted by atomic mass is 9.90. The number of halogens is 4. The lowest BCUT2D eigenvalue weighted by Gasteiger charge is -2.38. The molecule has 2 aliphatic heterocycles. The van der Waals surface area contributed by atoms with Gasteiger partial charge in [0.2, 0.25) is 0 Å². The molecule has 0 atom stereocenters. The van der Waals surface area contributed by atoms with Crippen LogP contribution in [0.2, 0.25) is 0 Å². The third-order valence-electron chi connectivity index (χ3n) is 5.49. The molecule has 2 aliphatic rings. The average Bonchev–Trinajstić information content (AvgIpc) is 3.07. The van der Waals surface area contributed by atoms with Gasteiger partial charge in [-0.2, -0.15) is 13.2 Å². The van der Waals surface area contributed by atoms with Crippen molar-refractivity contribution in [2.24, 2.45) is 0 Å². The van der Waals surface area contributed by atoms with Gasteiger partial charge < -0.3 is 9.47 Å². The summed E-state index contributed by atoms with van der Waals surface area (Å²) in [5, 5.41) is 1.97. The number of hydrogen-bond acceptors (Lipinski definition) is 6. The number of hydrogen-bond donors (Lipinski definition) is 1. The molecule has 0 saturated carbocycles. The molecule has 1 amide bonds. The number of carbonyl (C=O) groups is 1. The second-order valence-electron chi connectivity index (χ2n) is 9.45. The maximum Gasteiger partial charge on any atom is 0.422 e. The van der Waals surface area contributed by atoms with Gasteiger partial charge in [-0.1, -0.05) is 0 Å². The largest absolute Gasteiger partial charge is 0.475 e. The van der Waals surface area contributed by atoms with Gasteiger partial charge in [-0.3, -0.25) is 10.3 Å². The number of thiophene rings is 1. The standard InChI is InChI=1S/C21H31F4N3O3S/c1-19(2,3)31-18(29)26-28-10-6-20(22,7-11-28)5-9-27-8-4-16-15(13-27)12-17(32-16)30-14-21(23,24)25/h12H,4-11,13-14H2,1-3H3,(H,26,29). The van der Waals surface area contributed by atoms with Crippen LogP contribution < -0.4 is 10.2 Å². The smallest absolute Gasteiger partial charge is 0.422 e. The minimum absolute atomic E-state index is 0.279. The number of amides is 1. The molecule has 0 unspecified atom stereocenters. The van der Waals surface area contributed by atoms with Crippen LogP contribution in [-0.2, 0) is 17.7 Å². The van der Waals surface area contributed by atoms with Gasteiger partial charge in [-0.15, -0.1) is 11.3 Å². The van der Waals surface area contributed by atoms with Gasteiger partial charge in [0.15, 0.2) is 11.7 Å². The summed E-state index contributed by atoms with van der Waals surface area (Å²) in [5.74, 6) is 0. The molecule has 182 valence electrons. The average molecular weight is 482 g/mol. The molecule has 32 heavy (non-hydrogen) atoms. The molecule has 0 radical (unpaired) electrons. The normalized spacial score (nSPS) is 20.0. The molecule has 0 aliphatic carbocycles. The molecule has 1 saturated heterocycles. The summed E-state index contributed by atoms with van der Waals surface area (Å²) < 4.78 is 62.5. The van der Waals surface area contributed by atoms with E-state index >= 15 is 4.39 Å². The maximum atomic E-state index is 15.3. The highest BCUT2D eigenvalue weighted by Gasteiger charge is 2.36. The molecule has 1 N–H and O–H groups in total. The molecule has 0 bridgehead atoms. The van der Waals surface area contributed by atoms with E-state index in [0.29, 0.717) is 45.4 Å². The van der Waals surface area contributed by atoms with E-state index in [1.165, 1.54) is 11.3 Å². The van der Waals surface area contributed by atoms with Crippen LogP contribution in [0.5, 0.6) is 5.06 Å². The summed E-state index contributed by atoms with van der Waals surface area (Å²) in [7, 11) is 0. The van der Waals surface area contributed by atoms with Crippen molar-refractivity contribution >= 4 is 17.4 Å². The van der Waals surface area contributed by atoms with Crippen molar-refractivity contribution in [1.82, 2.24) is 15.3 Å². The lowest BCUT2D eigenvalue weighted by molar-refractivity contribution is -0.152. The maximum absolute atomic E-state index is 15.3. The Bertz CT molecular complexity index is 786. The Morgan fingerprint density at radius 3 is 2.53 bits per heavy atom. The lowest BCUT2D eigenvalue weighted by Crippen LogP contribution is -2.52. The van der Waals surface area contributed by atoms with Crippen LogP contribution >= 0.6 is 11.3 Å². The Morgan fingerprint density at radius 1 is 1.22 bits per heavy atom. The SMILES string of the molecule is CC(C)(C)OC(=O)NN1CCC(F)(CCN2CCc3sc(OCC(F)(F)F)cc3C2)CC1. The minimum atomic E-state index is -4.36. The number of alkyl halides is 4. The van der Waals surface area contributed by atoms with Gasteiger partial charge in [0, 0.05) is 37.6 Å². The fourth-order valence-electron chi connectivity index (χ4n) is 3.84. The van der Waals surface area contributed by atoms with E-state index in [-0.39, 0.29) is 5.06 Å². The molecule has 0 aromatic carbocycles. The molecule has 1 aromatic heterocycles. The summed E-state index contributed by atoms with van der Waals surface area (Å²) in [6.45, 7) is 6.78. The predicted octanol–water partition coefficient (Wildman–Crippen LogP) is 4.68. The van der Waals surface area contributed by atoms with E-state index in [9.17, 15) is 18.0 Å². The second-order valence-corrected chi connectivity index (χ2v) is 10.5. The summed E-state index contributed by atoms with van der Waals surface area (Å²) in [5.41, 5.74) is 1.73. The van der Waals surface area contributed by atoms with Crippen molar-refractivity contribution in [2.75, 3.05) is 32.8 Å². The van der Waals surface area contributed by atoms with Crippen molar-refractivity contribution in [2.45, 2.75) is 70.4 Å². The number of hydrazine groups is 1. The fourth-order valence-corrected chi connectivity index (χ4v) is 4.85. The van der Waals surface area contributed by atoms with Crippen molar-refractivity contribution in [3.8, 4) is 5.06 Å². The zero-order chi connectivity index (χ0) is 23.6. The predicted molar refractivity (Wildman–Crippen MR) is 113 cm³/mol. The van der Waals surface area contributed by atoms with Crippen molar-refractivity contribution < 1.29 is 31.8 Å². The molecular weight excluding hydrogens is 450 g/mol. The number of nitrogens with one attached hydrogen (secondary N) is 1. The van der Waals surface area contributed by atoms with E-state index in [1.54, 1.807) is 31.8 Å². The molecule has 1 fully saturated rings. The van der Waals surface area contributed by atoms with Gasteiger partial charge in [0.25, 0.3) is 0 Å². The Balaban J connectivity index is 1.42. The molecular formula is C21H31F4N3O3S. The van der Waals surface area contributed by atoms with Gasteiger partial charge in [0.1, 0.15) is 11.3 Å². The van der Waals surface area contributed by atoms with Crippen molar-refractivity contribution in [1.29, 1.82) is 0 Å². The van der Waals surface area contributed by atoms with Gasteiger partial charge in [-0.05, 0) is 58.1 Å². The number of rotatable bonds is 6. The first-order valence-electron chi connectivity index (χ1n) is 10.8. The Labute approximate surface area is 189 Å². The second kappa shape index (κ2) is 9.72. The third-order valence-corrected chi connectivity index (χ3v) is 6.63. The van der Waals surface area contributed by atoms with Crippen LogP contribution in [0.1, 0.15) is 50.5 Å². The van der Waals surface area contributed by atoms with E-state index < -0.39 is 30.1 Å². The number of nitrogens with zero attached hydrogens (tertiary/aromatic N) is 2. The fraction of sp³-hybridized carbons (Fsp3) is 0.762. The highest BCUT2D eigenvalue weighted by molar-refractivity contribution is 7.14. The first kappa shape index (κ1) is 25.0. The Morgan fingerprint density at radius 2 is 1.91 bits per heavy atom. The number of piperidine rings is 1. The molecule has 11 heteroatoms. The van der Waals surface area contributed by atoms with Crippen LogP contribution in [0, 0.1) is 0 Å². The van der Waals surface area contributed by atoms with Crippen molar-refractivity contribution in [3.63, 3.8) is 0 Å². The molecule has 3 heterocycles. The van der Waals surface area contributed by atoms with Crippen LogP contribution in [0.4, 0.5) is 22.4 Å². The van der Waals surface area contributed by atoms with Crippen LogP contribution in [0.3, 0.4) is 0 Å². The topological polar surface area (TPSA) is 54.0 Å². The van der Waals surface area contributed by atoms with Crippen molar-refractivity contribution in [3.05, 3.63) is 16.5 Å². The molecule has 1 aromatic rings. The Kier molecular flexibility index (Phi) is 7.61. The van der Waals surface area contributed by atoms with Crippen LogP contribution in [-0.4, -0.2) is 66.2 Å². The molecule has 0 spiro atoms. The molecule has 6 nitrogen and oxygen atoms in total. The van der Waals surface area contributed by atoms with E-state index in [0.717, 1.165) is 23.4 Å². The zero-order valence-corrected chi connectivity index (χ0v) is 19.5. The quantitative estimate of drug-likeness (QED) is 0.598. The van der Waals surface area contributed by atoms with E-state index in [4.69, 9.17) is 9.47 Å². The van der Waals surface area contributed by atoms with E-state index in [1.807, 2.05) is 0 Å². The molecule has 3 rings (SSSR count). The summed E-state index contributed by atoms with van der Waals surface area (Å²) in [6, 6.07) is 1.67. The number of carbonyl (C=O) groups excluding carboxylic acids is 1. The number of fused-ring (bicyclic) bond motifs is 1. The summed E-state index contributed by atoms with van der Waals surface area (Å²) >= 11 is 1.26. The highest BCUT2D eigenvalue weighted by Crippen LogP contribution is 2.35. The van der Waals surface area contributed by atoms with Crippen LogP contribution in [0.15, 0.2) is 6.07 Å². The van der Waals surface area contributed by atoms with E-state index in [2.05, 4.69) is 10.3 Å². The van der Waals surface area contributed by atoms with Gasteiger partial charge >= 0.3 is 12.3 Å². The monoisotopic (exact) mass is 481 g/mol. The zero-order valence-electron chi connectivity index (χ0n) is 18.7. The van der Waals surface area contributed by atoms with Crippen LogP contribution in [0.25, 0.3) is 0 Å². The Hall–Kier alpha value is -1.59. The minimum Gasteiger partial charge on any atom is -0.475 e. The summed E-state index contributed by atoms with van der Waals surface area (Å²) in [4.78, 5) is 15.0. The number of ether oxygens (including phenoxy) is 2. The first-order valence-corrected chi connectivity index (χ1v) is 11.6. The van der Waals surface area contributed by atoms with Gasteiger partial charge in [0.05, 0.1) is 0 Å². The third kappa shape index (κ3) is 7.77. The van der Waals surface area contributed by atoms with Gasteiger partial charge in [-0.25, -0.2) is 14.2 Å². The first-order chi connectivity index (χ1) is 14.8. The highest BCUT2D eigenvalue weighted by atomic mass is 32.1. The summed E-state index contributed by atoms with van der Waals surface area (Å²) in [6.07, 6.45) is -3.16.